The van der Waals surface area contributed by atoms with E-state index in [1.54, 1.807) is 50.8 Å². The average Bonchev–Trinajstić information content (AvgIpc) is 2.70. The van der Waals surface area contributed by atoms with Gasteiger partial charge in [0.2, 0.25) is 0 Å². The summed E-state index contributed by atoms with van der Waals surface area (Å²) in [6, 6.07) is 4.80. The lowest BCUT2D eigenvalue weighted by Gasteiger charge is -2.20. The molecule has 0 bridgehead atoms. The van der Waals surface area contributed by atoms with Crippen LogP contribution >= 0.6 is 0 Å². The summed E-state index contributed by atoms with van der Waals surface area (Å²) < 4.78 is 6.80. The molecule has 4 N–H and O–H groups in total. The number of nitrogens with two attached hydrogens (primary N) is 1. The van der Waals surface area contributed by atoms with Crippen LogP contribution < -0.4 is 11.1 Å². The highest BCUT2D eigenvalue weighted by molar-refractivity contribution is 5.89. The Morgan fingerprint density at radius 2 is 2.09 bits per heavy atom. The first-order valence-electron chi connectivity index (χ1n) is 6.78. The molecule has 1 amide bonds. The van der Waals surface area contributed by atoms with Crippen LogP contribution in [0.3, 0.4) is 0 Å². The van der Waals surface area contributed by atoms with Gasteiger partial charge in [-0.2, -0.15) is 5.10 Å². The van der Waals surface area contributed by atoms with E-state index in [1.165, 1.54) is 6.07 Å². The van der Waals surface area contributed by atoms with Crippen molar-refractivity contribution in [3.63, 3.8) is 0 Å². The van der Waals surface area contributed by atoms with E-state index >= 15 is 0 Å². The number of phenols is 1. The van der Waals surface area contributed by atoms with Gasteiger partial charge in [0.25, 0.3) is 0 Å². The predicted octanol–water partition coefficient (Wildman–Crippen LogP) is 2.72. The Morgan fingerprint density at radius 3 is 2.64 bits per heavy atom. The summed E-state index contributed by atoms with van der Waals surface area (Å²) in [5.41, 5.74) is 7.45. The van der Waals surface area contributed by atoms with Crippen LogP contribution in [-0.2, 0) is 11.8 Å². The molecule has 0 aliphatic rings. The Morgan fingerprint density at radius 1 is 1.41 bits per heavy atom. The molecule has 0 fully saturated rings. The number of hydrogen-bond donors (Lipinski definition) is 3. The SMILES string of the molecule is Cn1ncc(N)c1-c1ccc(O)c(NC(=O)OC(C)(C)C)c1. The van der Waals surface area contributed by atoms with Crippen molar-refractivity contribution < 1.29 is 14.6 Å². The van der Waals surface area contributed by atoms with Crippen LogP contribution in [0, 0.1) is 0 Å². The van der Waals surface area contributed by atoms with E-state index in [9.17, 15) is 9.90 Å². The van der Waals surface area contributed by atoms with Crippen molar-refractivity contribution in [1.29, 1.82) is 0 Å². The van der Waals surface area contributed by atoms with Crippen molar-refractivity contribution in [3.8, 4) is 17.0 Å². The normalized spacial score (nSPS) is 11.3. The van der Waals surface area contributed by atoms with Gasteiger partial charge >= 0.3 is 6.09 Å². The third-order valence-electron chi connectivity index (χ3n) is 2.87. The molecule has 1 aromatic heterocycles. The third kappa shape index (κ3) is 3.49. The van der Waals surface area contributed by atoms with Crippen LogP contribution in [0.4, 0.5) is 16.2 Å². The number of ether oxygens (including phenoxy) is 1. The lowest BCUT2D eigenvalue weighted by molar-refractivity contribution is 0.0635. The molecule has 7 nitrogen and oxygen atoms in total. The number of carbonyl (C=O) groups excluding carboxylic acids is 1. The van der Waals surface area contributed by atoms with Gasteiger partial charge in [0.05, 0.1) is 23.3 Å². The van der Waals surface area contributed by atoms with Gasteiger partial charge in [0.15, 0.2) is 0 Å². The zero-order chi connectivity index (χ0) is 16.5. The number of anilines is 2. The number of aryl methyl sites for hydroxylation is 1. The first kappa shape index (κ1) is 15.7. The highest BCUT2D eigenvalue weighted by Crippen LogP contribution is 2.32. The molecule has 118 valence electrons. The number of rotatable bonds is 2. The smallest absolute Gasteiger partial charge is 0.412 e. The number of phenolic OH excluding ortho intramolecular Hbond substituents is 1. The Hall–Kier alpha value is -2.70. The fourth-order valence-electron chi connectivity index (χ4n) is 2.01. The molecule has 0 radical (unpaired) electrons. The van der Waals surface area contributed by atoms with Crippen molar-refractivity contribution in [2.75, 3.05) is 11.1 Å². The molecule has 0 spiro atoms. The number of aromatic hydroxyl groups is 1. The number of nitrogen functional groups attached to an aromatic ring is 1. The zero-order valence-electron chi connectivity index (χ0n) is 13.0. The van der Waals surface area contributed by atoms with Crippen molar-refractivity contribution in [3.05, 3.63) is 24.4 Å². The predicted molar refractivity (Wildman–Crippen MR) is 84.6 cm³/mol. The second-order valence-corrected chi connectivity index (χ2v) is 5.93. The highest BCUT2D eigenvalue weighted by Gasteiger charge is 2.18. The minimum Gasteiger partial charge on any atom is -0.506 e. The van der Waals surface area contributed by atoms with E-state index in [0.717, 1.165) is 5.56 Å². The van der Waals surface area contributed by atoms with Crippen LogP contribution in [0.2, 0.25) is 0 Å². The molecular weight excluding hydrogens is 284 g/mol. The van der Waals surface area contributed by atoms with E-state index in [4.69, 9.17) is 10.5 Å². The molecule has 0 aliphatic carbocycles. The van der Waals surface area contributed by atoms with Gasteiger partial charge in [0, 0.05) is 12.6 Å². The first-order valence-corrected chi connectivity index (χ1v) is 6.78. The summed E-state index contributed by atoms with van der Waals surface area (Å²) in [5, 5.41) is 16.5. The minimum absolute atomic E-state index is 0.0599. The van der Waals surface area contributed by atoms with Gasteiger partial charge in [-0.05, 0) is 39.0 Å². The molecule has 22 heavy (non-hydrogen) atoms. The topological polar surface area (TPSA) is 102 Å². The molecule has 0 saturated heterocycles. The molecule has 2 aromatic rings. The standard InChI is InChI=1S/C15H20N4O3/c1-15(2,3)22-14(21)18-11-7-9(5-6-12(11)20)13-10(16)8-17-19(13)4/h5-8,20H,16H2,1-4H3,(H,18,21). The number of benzene rings is 1. The quantitative estimate of drug-likeness (QED) is 0.740. The Bertz CT molecular complexity index is 682. The average molecular weight is 304 g/mol. The number of nitrogens with one attached hydrogen (secondary N) is 1. The summed E-state index contributed by atoms with van der Waals surface area (Å²) in [5.74, 6) is -0.0599. The Labute approximate surface area is 128 Å². The molecule has 2 rings (SSSR count). The van der Waals surface area contributed by atoms with Gasteiger partial charge in [0.1, 0.15) is 11.4 Å². The molecule has 7 heteroatoms. The van der Waals surface area contributed by atoms with Crippen LogP contribution in [0.25, 0.3) is 11.3 Å². The maximum Gasteiger partial charge on any atom is 0.412 e. The maximum absolute atomic E-state index is 11.8. The summed E-state index contributed by atoms with van der Waals surface area (Å²) in [7, 11) is 1.76. The highest BCUT2D eigenvalue weighted by atomic mass is 16.6. The van der Waals surface area contributed by atoms with E-state index < -0.39 is 11.7 Å². The number of aromatic nitrogens is 2. The number of nitrogens with zero attached hydrogens (tertiary/aromatic N) is 2. The van der Waals surface area contributed by atoms with E-state index in [1.807, 2.05) is 0 Å². The van der Waals surface area contributed by atoms with Crippen molar-refractivity contribution in [1.82, 2.24) is 9.78 Å². The molecule has 0 saturated carbocycles. The maximum atomic E-state index is 11.8. The van der Waals surface area contributed by atoms with Crippen molar-refractivity contribution in [2.24, 2.45) is 7.05 Å². The number of amides is 1. The van der Waals surface area contributed by atoms with Crippen molar-refractivity contribution in [2.45, 2.75) is 26.4 Å². The third-order valence-corrected chi connectivity index (χ3v) is 2.87. The van der Waals surface area contributed by atoms with Gasteiger partial charge in [-0.1, -0.05) is 0 Å². The fourth-order valence-corrected chi connectivity index (χ4v) is 2.01. The first-order chi connectivity index (χ1) is 10.2. The summed E-state index contributed by atoms with van der Waals surface area (Å²) in [4.78, 5) is 11.8. The fraction of sp³-hybridized carbons (Fsp3) is 0.333. The molecule has 1 heterocycles. The van der Waals surface area contributed by atoms with Crippen LogP contribution in [0.15, 0.2) is 24.4 Å². The zero-order valence-corrected chi connectivity index (χ0v) is 13.0. The number of carbonyl (C=O) groups is 1. The van der Waals surface area contributed by atoms with Gasteiger partial charge in [-0.15, -0.1) is 0 Å². The molecule has 0 unspecified atom stereocenters. The monoisotopic (exact) mass is 304 g/mol. The van der Waals surface area contributed by atoms with E-state index in [2.05, 4.69) is 10.4 Å². The Kier molecular flexibility index (Phi) is 3.99. The second kappa shape index (κ2) is 5.59. The van der Waals surface area contributed by atoms with Gasteiger partial charge < -0.3 is 15.6 Å². The molecule has 1 aromatic carbocycles. The summed E-state index contributed by atoms with van der Waals surface area (Å²) in [6.07, 6.45) is 0.904. The molecule has 0 aliphatic heterocycles. The largest absolute Gasteiger partial charge is 0.506 e. The second-order valence-electron chi connectivity index (χ2n) is 5.93. The molecule has 0 atom stereocenters. The minimum atomic E-state index is -0.641. The lowest BCUT2D eigenvalue weighted by Crippen LogP contribution is -2.27. The van der Waals surface area contributed by atoms with Gasteiger partial charge in [-0.25, -0.2) is 4.79 Å². The lowest BCUT2D eigenvalue weighted by atomic mass is 10.1. The van der Waals surface area contributed by atoms with Crippen LogP contribution in [0.1, 0.15) is 20.8 Å². The van der Waals surface area contributed by atoms with Crippen molar-refractivity contribution >= 4 is 17.5 Å². The Balaban J connectivity index is 2.30. The van der Waals surface area contributed by atoms with Crippen LogP contribution in [0.5, 0.6) is 5.75 Å². The van der Waals surface area contributed by atoms with E-state index in [-0.39, 0.29) is 11.4 Å². The molecular formula is C15H20N4O3. The van der Waals surface area contributed by atoms with Crippen LogP contribution in [-0.4, -0.2) is 26.6 Å². The van der Waals surface area contributed by atoms with E-state index in [0.29, 0.717) is 11.4 Å². The van der Waals surface area contributed by atoms with Gasteiger partial charge in [-0.3, -0.25) is 10.00 Å². The summed E-state index contributed by atoms with van der Waals surface area (Å²) in [6.45, 7) is 5.29. The summed E-state index contributed by atoms with van der Waals surface area (Å²) >= 11 is 0. The number of hydrogen-bond acceptors (Lipinski definition) is 5.